The zero-order valence-corrected chi connectivity index (χ0v) is 7.38. The maximum Gasteiger partial charge on any atom is 0.241 e. The highest BCUT2D eigenvalue weighted by molar-refractivity contribution is 5.32. The maximum atomic E-state index is 12.2. The van der Waals surface area contributed by atoms with E-state index in [1.54, 1.807) is 0 Å². The van der Waals surface area contributed by atoms with E-state index in [-0.39, 0.29) is 0 Å². The van der Waals surface area contributed by atoms with Crippen LogP contribution in [0, 0.1) is 11.8 Å². The van der Waals surface area contributed by atoms with E-state index >= 15 is 0 Å². The first kappa shape index (κ1) is 10.3. The summed E-state index contributed by atoms with van der Waals surface area (Å²) < 4.78 is 24.4. The normalized spacial score (nSPS) is 28.5. The summed E-state index contributed by atoms with van der Waals surface area (Å²) in [4.78, 5) is 13.3. The fraction of sp³-hybridized carbons (Fsp3) is 0.889. The van der Waals surface area contributed by atoms with E-state index in [0.29, 0.717) is 25.3 Å². The first-order chi connectivity index (χ1) is 6.24. The number of aliphatic imine (C=N–C) groups is 1. The highest BCUT2D eigenvalue weighted by Gasteiger charge is 2.26. The fourth-order valence-electron chi connectivity index (χ4n) is 1.79. The van der Waals surface area contributed by atoms with Crippen LogP contribution < -0.4 is 0 Å². The van der Waals surface area contributed by atoms with Crippen molar-refractivity contribution in [2.75, 3.05) is 6.54 Å². The minimum atomic E-state index is -2.18. The van der Waals surface area contributed by atoms with Gasteiger partial charge in [-0.1, -0.05) is 0 Å². The number of carbonyl (C=O) groups excluding carboxylic acids is 1. The van der Waals surface area contributed by atoms with Crippen LogP contribution in [0.2, 0.25) is 0 Å². The minimum Gasteiger partial charge on any atom is -0.211 e. The van der Waals surface area contributed by atoms with Gasteiger partial charge in [-0.15, -0.1) is 0 Å². The van der Waals surface area contributed by atoms with Gasteiger partial charge in [-0.3, -0.25) is 0 Å². The van der Waals surface area contributed by atoms with Crippen molar-refractivity contribution in [2.24, 2.45) is 16.8 Å². The Morgan fingerprint density at radius 3 is 2.38 bits per heavy atom. The van der Waals surface area contributed by atoms with E-state index in [1.807, 2.05) is 0 Å². The molecule has 0 heterocycles. The average Bonchev–Trinajstić information content (AvgIpc) is 2.15. The van der Waals surface area contributed by atoms with E-state index in [0.717, 1.165) is 12.8 Å². The molecule has 1 aliphatic rings. The summed E-state index contributed by atoms with van der Waals surface area (Å²) in [6, 6.07) is 0. The molecule has 0 bridgehead atoms. The molecule has 1 fully saturated rings. The van der Waals surface area contributed by atoms with Crippen molar-refractivity contribution < 1.29 is 13.6 Å². The van der Waals surface area contributed by atoms with E-state index in [1.165, 1.54) is 6.08 Å². The van der Waals surface area contributed by atoms with Gasteiger partial charge in [0.2, 0.25) is 12.5 Å². The van der Waals surface area contributed by atoms with Crippen LogP contribution in [-0.2, 0) is 4.79 Å². The summed E-state index contributed by atoms with van der Waals surface area (Å²) in [7, 11) is 0. The molecule has 0 saturated heterocycles. The summed E-state index contributed by atoms with van der Waals surface area (Å²) in [5, 5.41) is 0. The monoisotopic (exact) mass is 189 g/mol. The second kappa shape index (κ2) is 5.07. The van der Waals surface area contributed by atoms with Gasteiger partial charge in [0.1, 0.15) is 0 Å². The molecule has 0 aromatic rings. The second-order valence-corrected chi connectivity index (χ2v) is 3.55. The summed E-state index contributed by atoms with van der Waals surface area (Å²) in [5.74, 6) is -0.118. The van der Waals surface area contributed by atoms with Crippen molar-refractivity contribution in [3.8, 4) is 0 Å². The molecule has 0 N–H and O–H groups in total. The van der Waals surface area contributed by atoms with Gasteiger partial charge in [0.25, 0.3) is 0 Å². The fourth-order valence-corrected chi connectivity index (χ4v) is 1.79. The van der Waals surface area contributed by atoms with E-state index < -0.39 is 12.3 Å². The number of hydrogen-bond acceptors (Lipinski definition) is 2. The molecule has 0 atom stereocenters. The van der Waals surface area contributed by atoms with E-state index in [9.17, 15) is 13.6 Å². The van der Waals surface area contributed by atoms with Crippen LogP contribution in [0.15, 0.2) is 4.99 Å². The van der Waals surface area contributed by atoms with Gasteiger partial charge in [0, 0.05) is 5.92 Å². The highest BCUT2D eigenvalue weighted by atomic mass is 19.3. The molecule has 0 aliphatic heterocycles. The predicted octanol–water partition coefficient (Wildman–Crippen LogP) is 2.39. The lowest BCUT2D eigenvalue weighted by Crippen LogP contribution is -2.21. The van der Waals surface area contributed by atoms with Crippen molar-refractivity contribution in [3.63, 3.8) is 0 Å². The quantitative estimate of drug-likeness (QED) is 0.495. The van der Waals surface area contributed by atoms with Crippen LogP contribution in [0.25, 0.3) is 0 Å². The first-order valence-corrected chi connectivity index (χ1v) is 4.55. The second-order valence-electron chi connectivity index (χ2n) is 3.55. The number of halogens is 2. The molecular weight excluding hydrogens is 176 g/mol. The highest BCUT2D eigenvalue weighted by Crippen LogP contribution is 2.32. The predicted molar refractivity (Wildman–Crippen MR) is 44.4 cm³/mol. The summed E-state index contributed by atoms with van der Waals surface area (Å²) in [6.07, 6.45) is 1.95. The third kappa shape index (κ3) is 3.23. The van der Waals surface area contributed by atoms with E-state index in [4.69, 9.17) is 0 Å². The summed E-state index contributed by atoms with van der Waals surface area (Å²) in [5.41, 5.74) is 0. The topological polar surface area (TPSA) is 29.4 Å². The molecule has 0 spiro atoms. The number of rotatable bonds is 3. The Bertz CT molecular complexity index is 194. The molecular formula is C9H13F2NO. The molecule has 0 aromatic heterocycles. The van der Waals surface area contributed by atoms with Crippen molar-refractivity contribution in [1.29, 1.82) is 0 Å². The Labute approximate surface area is 76.0 Å². The van der Waals surface area contributed by atoms with Crippen LogP contribution in [0.5, 0.6) is 0 Å². The SMILES string of the molecule is O=C=NCC1CCC(C(F)F)CC1. The van der Waals surface area contributed by atoms with Gasteiger partial charge in [0.15, 0.2) is 0 Å². The Kier molecular flexibility index (Phi) is 4.03. The third-order valence-corrected chi connectivity index (χ3v) is 2.66. The number of alkyl halides is 2. The molecule has 4 heteroatoms. The molecule has 0 amide bonds. The van der Waals surface area contributed by atoms with Crippen LogP contribution in [0.4, 0.5) is 8.78 Å². The van der Waals surface area contributed by atoms with Gasteiger partial charge >= 0.3 is 0 Å². The largest absolute Gasteiger partial charge is 0.241 e. The molecule has 0 aromatic carbocycles. The zero-order valence-electron chi connectivity index (χ0n) is 7.38. The number of nitrogens with zero attached hydrogens (tertiary/aromatic N) is 1. The first-order valence-electron chi connectivity index (χ1n) is 4.55. The number of isocyanates is 1. The molecule has 1 saturated carbocycles. The Balaban J connectivity index is 2.26. The Morgan fingerprint density at radius 2 is 1.92 bits per heavy atom. The van der Waals surface area contributed by atoms with Crippen LogP contribution >= 0.6 is 0 Å². The molecule has 0 unspecified atom stereocenters. The van der Waals surface area contributed by atoms with Crippen LogP contribution in [-0.4, -0.2) is 19.1 Å². The van der Waals surface area contributed by atoms with E-state index in [2.05, 4.69) is 4.99 Å². The smallest absolute Gasteiger partial charge is 0.211 e. The lowest BCUT2D eigenvalue weighted by molar-refractivity contribution is 0.0475. The molecule has 0 radical (unpaired) electrons. The van der Waals surface area contributed by atoms with Gasteiger partial charge in [-0.2, -0.15) is 0 Å². The van der Waals surface area contributed by atoms with Gasteiger partial charge in [0.05, 0.1) is 6.54 Å². The van der Waals surface area contributed by atoms with Gasteiger partial charge < -0.3 is 0 Å². The maximum absolute atomic E-state index is 12.2. The van der Waals surface area contributed by atoms with Crippen LogP contribution in [0.1, 0.15) is 25.7 Å². The minimum absolute atomic E-state index is 0.316. The van der Waals surface area contributed by atoms with Gasteiger partial charge in [-0.25, -0.2) is 18.6 Å². The molecule has 74 valence electrons. The molecule has 13 heavy (non-hydrogen) atoms. The summed E-state index contributed by atoms with van der Waals surface area (Å²) in [6.45, 7) is 0.458. The Morgan fingerprint density at radius 1 is 1.31 bits per heavy atom. The van der Waals surface area contributed by atoms with Crippen molar-refractivity contribution in [1.82, 2.24) is 0 Å². The summed E-state index contributed by atoms with van der Waals surface area (Å²) >= 11 is 0. The van der Waals surface area contributed by atoms with Crippen LogP contribution in [0.3, 0.4) is 0 Å². The lowest BCUT2D eigenvalue weighted by atomic mass is 9.82. The molecule has 2 nitrogen and oxygen atoms in total. The van der Waals surface area contributed by atoms with Crippen molar-refractivity contribution >= 4 is 6.08 Å². The van der Waals surface area contributed by atoms with Gasteiger partial charge in [-0.05, 0) is 31.6 Å². The Hall–Kier alpha value is -0.760. The van der Waals surface area contributed by atoms with Crippen molar-refractivity contribution in [2.45, 2.75) is 32.1 Å². The standard InChI is InChI=1S/C9H13F2NO/c10-9(11)8-3-1-7(2-4-8)5-12-6-13/h7-9H,1-5H2. The zero-order chi connectivity index (χ0) is 9.68. The third-order valence-electron chi connectivity index (χ3n) is 2.66. The average molecular weight is 189 g/mol. The molecule has 1 aliphatic carbocycles. The number of hydrogen-bond donors (Lipinski definition) is 0. The molecule has 1 rings (SSSR count). The lowest BCUT2D eigenvalue weighted by Gasteiger charge is -2.26. The van der Waals surface area contributed by atoms with Crippen molar-refractivity contribution in [3.05, 3.63) is 0 Å².